The summed E-state index contributed by atoms with van der Waals surface area (Å²) in [5, 5.41) is 1.56. The smallest absolute Gasteiger partial charge is 0.265 e. The van der Waals surface area contributed by atoms with Crippen molar-refractivity contribution in [3.63, 3.8) is 0 Å². The zero-order chi connectivity index (χ0) is 23.7. The number of hydrazine groups is 1. The van der Waals surface area contributed by atoms with Gasteiger partial charge >= 0.3 is 0 Å². The monoisotopic (exact) mass is 473 g/mol. The molecule has 0 aliphatic carbocycles. The zero-order valence-corrected chi connectivity index (χ0v) is 20.2. The average molecular weight is 474 g/mol. The molecule has 0 aromatic carbocycles. The number of alkyl halides is 2. The highest BCUT2D eigenvalue weighted by Crippen LogP contribution is 2.44. The minimum Gasteiger partial charge on any atom is -0.343 e. The van der Waals surface area contributed by atoms with Gasteiger partial charge in [-0.25, -0.2) is 26.9 Å². The quantitative estimate of drug-likeness (QED) is 0.587. The molecule has 3 aliphatic heterocycles. The maximum atomic E-state index is 15.1. The number of carbonyl (C=O) groups excluding carboxylic acids is 1. The molecule has 0 bridgehead atoms. The highest BCUT2D eigenvalue weighted by atomic mass is 32.2. The second-order valence-electron chi connectivity index (χ2n) is 8.80. The summed E-state index contributed by atoms with van der Waals surface area (Å²) in [5.74, 6) is -4.18. The molecule has 181 valence electrons. The summed E-state index contributed by atoms with van der Waals surface area (Å²) < 4.78 is 55.2. The van der Waals surface area contributed by atoms with E-state index in [0.29, 0.717) is 51.5 Å². The van der Waals surface area contributed by atoms with E-state index in [9.17, 15) is 13.2 Å². The van der Waals surface area contributed by atoms with E-state index in [1.807, 2.05) is 26.0 Å². The number of nitrogens with one attached hydrogen (secondary N) is 1. The van der Waals surface area contributed by atoms with Gasteiger partial charge in [-0.3, -0.25) is 4.79 Å². The van der Waals surface area contributed by atoms with Gasteiger partial charge in [0.2, 0.25) is 15.9 Å². The van der Waals surface area contributed by atoms with E-state index >= 15 is 8.78 Å². The van der Waals surface area contributed by atoms with Gasteiger partial charge in [0.1, 0.15) is 12.1 Å². The van der Waals surface area contributed by atoms with Crippen LogP contribution in [-0.4, -0.2) is 72.9 Å². The first kappa shape index (κ1) is 25.1. The van der Waals surface area contributed by atoms with Gasteiger partial charge in [0, 0.05) is 38.8 Å². The average Bonchev–Trinajstić information content (AvgIpc) is 3.13. The third-order valence-electron chi connectivity index (χ3n) is 6.71. The number of amides is 1. The van der Waals surface area contributed by atoms with Gasteiger partial charge in [0.15, 0.2) is 0 Å². The first-order valence-electron chi connectivity index (χ1n) is 11.5. The maximum absolute atomic E-state index is 15.1. The number of hydrogen-bond acceptors (Lipinski definition) is 5. The second kappa shape index (κ2) is 9.77. The lowest BCUT2D eigenvalue weighted by Gasteiger charge is -2.34. The van der Waals surface area contributed by atoms with E-state index in [-0.39, 0.29) is 18.2 Å². The lowest BCUT2D eigenvalue weighted by atomic mass is 9.82. The second-order valence-corrected chi connectivity index (χ2v) is 10.8. The Balaban J connectivity index is 1.87. The fraction of sp³-hybridized carbons (Fsp3) is 0.727. The van der Waals surface area contributed by atoms with Crippen LogP contribution in [0.3, 0.4) is 0 Å². The highest BCUT2D eigenvalue weighted by Gasteiger charge is 2.56. The molecule has 7 nitrogen and oxygen atoms in total. The molecule has 2 saturated heterocycles. The number of sulfonamides is 1. The first-order valence-corrected chi connectivity index (χ1v) is 13.3. The molecular formula is C22H35F2N4O3S. The van der Waals surface area contributed by atoms with Crippen molar-refractivity contribution in [1.29, 1.82) is 0 Å². The molecule has 2 atom stereocenters. The summed E-state index contributed by atoms with van der Waals surface area (Å²) in [6, 6.07) is -0.761. The molecule has 0 aromatic rings. The third-order valence-corrected chi connectivity index (χ3v) is 8.02. The Labute approximate surface area is 190 Å². The molecule has 3 aliphatic rings. The third kappa shape index (κ3) is 5.02. The lowest BCUT2D eigenvalue weighted by Crippen LogP contribution is -2.51. The molecule has 1 amide bonds. The lowest BCUT2D eigenvalue weighted by molar-refractivity contribution is -0.139. The Morgan fingerprint density at radius 2 is 1.84 bits per heavy atom. The van der Waals surface area contributed by atoms with Crippen LogP contribution in [0.2, 0.25) is 0 Å². The molecule has 2 unspecified atom stereocenters. The number of allylic oxidation sites excluding steroid dienone is 2. The van der Waals surface area contributed by atoms with Gasteiger partial charge < -0.3 is 9.91 Å². The Hall–Kier alpha value is -1.52. The van der Waals surface area contributed by atoms with E-state index in [2.05, 4.69) is 5.43 Å². The number of fused-ring (bicyclic) bond motifs is 1. The Morgan fingerprint density at radius 3 is 2.38 bits per heavy atom. The van der Waals surface area contributed by atoms with Crippen LogP contribution in [0.15, 0.2) is 23.9 Å². The number of nitrogens with zero attached hydrogens (tertiary/aromatic N) is 3. The molecular weight excluding hydrogens is 438 g/mol. The largest absolute Gasteiger partial charge is 0.343 e. The summed E-state index contributed by atoms with van der Waals surface area (Å²) in [4.78, 5) is 14.9. The van der Waals surface area contributed by atoms with Crippen LogP contribution in [0.5, 0.6) is 0 Å². The molecule has 3 heterocycles. The minimum absolute atomic E-state index is 0.123. The van der Waals surface area contributed by atoms with Crippen molar-refractivity contribution in [3.8, 4) is 0 Å². The molecule has 1 radical (unpaired) electrons. The standard InChI is InChI=1S/C22H35F2N4O3S/c1-5-11-22(23,24)20-19(21(29)26(6-2)7-3)18-15-17(10-14-28(18)25-20)16-8-12-27(13-9-16)32(4,30)31/h10,14-16,19-20,25H,5-9,11-13H2,1-4H3. The minimum atomic E-state index is -3.22. The van der Waals surface area contributed by atoms with Gasteiger partial charge in [0.05, 0.1) is 12.2 Å². The Bertz CT molecular complexity index is 849. The van der Waals surface area contributed by atoms with Gasteiger partial charge in [-0.05, 0) is 44.3 Å². The van der Waals surface area contributed by atoms with E-state index in [1.165, 1.54) is 10.6 Å². The Kier molecular flexibility index (Phi) is 7.66. The van der Waals surface area contributed by atoms with Gasteiger partial charge in [-0.1, -0.05) is 19.4 Å². The molecule has 0 aromatic heterocycles. The van der Waals surface area contributed by atoms with E-state index in [1.54, 1.807) is 23.0 Å². The molecule has 3 rings (SSSR count). The SMILES string of the molecule is CCCC(F)(F)C1NN2C=CC(C3CCN(S(C)(=O)=O)CC3)=C[C]2C1C(=O)N(CC)CC. The van der Waals surface area contributed by atoms with E-state index in [4.69, 9.17) is 0 Å². The molecule has 2 fully saturated rings. The summed E-state index contributed by atoms with van der Waals surface area (Å²) in [6.07, 6.45) is 8.03. The van der Waals surface area contributed by atoms with Crippen molar-refractivity contribution in [2.24, 2.45) is 11.8 Å². The normalized spacial score (nSPS) is 25.7. The van der Waals surface area contributed by atoms with Crippen molar-refractivity contribution in [1.82, 2.24) is 19.6 Å². The summed E-state index contributed by atoms with van der Waals surface area (Å²) in [7, 11) is -3.22. The molecule has 32 heavy (non-hydrogen) atoms. The number of piperidine rings is 1. The maximum Gasteiger partial charge on any atom is 0.265 e. The van der Waals surface area contributed by atoms with E-state index in [0.717, 1.165) is 5.57 Å². The summed E-state index contributed by atoms with van der Waals surface area (Å²) >= 11 is 0. The van der Waals surface area contributed by atoms with Crippen LogP contribution in [-0.2, 0) is 14.8 Å². The number of carbonyl (C=O) groups is 1. The predicted molar refractivity (Wildman–Crippen MR) is 120 cm³/mol. The molecule has 10 heteroatoms. The van der Waals surface area contributed by atoms with Crippen molar-refractivity contribution < 1.29 is 22.0 Å². The molecule has 0 saturated carbocycles. The van der Waals surface area contributed by atoms with Crippen molar-refractivity contribution in [2.45, 2.75) is 58.4 Å². The fourth-order valence-corrected chi connectivity index (χ4v) is 5.76. The van der Waals surface area contributed by atoms with Crippen molar-refractivity contribution >= 4 is 15.9 Å². The van der Waals surface area contributed by atoms with Crippen LogP contribution in [0.4, 0.5) is 8.78 Å². The van der Waals surface area contributed by atoms with Crippen LogP contribution in [0, 0.1) is 17.9 Å². The number of rotatable bonds is 8. The first-order chi connectivity index (χ1) is 15.0. The Morgan fingerprint density at radius 1 is 1.22 bits per heavy atom. The molecule has 0 spiro atoms. The summed E-state index contributed by atoms with van der Waals surface area (Å²) in [6.45, 7) is 7.20. The predicted octanol–water partition coefficient (Wildman–Crippen LogP) is 2.75. The van der Waals surface area contributed by atoms with Crippen molar-refractivity contribution in [3.05, 3.63) is 30.0 Å². The fourth-order valence-electron chi connectivity index (χ4n) is 4.89. The summed E-state index contributed by atoms with van der Waals surface area (Å²) in [5.41, 5.74) is 3.84. The van der Waals surface area contributed by atoms with Crippen LogP contribution < -0.4 is 5.43 Å². The van der Waals surface area contributed by atoms with E-state index < -0.39 is 27.9 Å². The van der Waals surface area contributed by atoms with Crippen LogP contribution >= 0.6 is 0 Å². The zero-order valence-electron chi connectivity index (χ0n) is 19.4. The van der Waals surface area contributed by atoms with Gasteiger partial charge in [0.25, 0.3) is 5.92 Å². The van der Waals surface area contributed by atoms with Gasteiger partial charge in [-0.15, -0.1) is 0 Å². The topological polar surface area (TPSA) is 73.0 Å². The van der Waals surface area contributed by atoms with Crippen LogP contribution in [0.1, 0.15) is 46.5 Å². The van der Waals surface area contributed by atoms with Crippen LogP contribution in [0.25, 0.3) is 0 Å². The number of hydrogen-bond donors (Lipinski definition) is 1. The highest BCUT2D eigenvalue weighted by molar-refractivity contribution is 7.88. The number of halogens is 2. The molecule has 1 N–H and O–H groups in total. The van der Waals surface area contributed by atoms with Gasteiger partial charge in [-0.2, -0.15) is 0 Å². The van der Waals surface area contributed by atoms with Crippen molar-refractivity contribution in [2.75, 3.05) is 32.4 Å².